The Morgan fingerprint density at radius 2 is 2.09 bits per heavy atom. The summed E-state index contributed by atoms with van der Waals surface area (Å²) in [6.07, 6.45) is 2.84. The van der Waals surface area contributed by atoms with Crippen LogP contribution in [0.4, 0.5) is 5.82 Å². The van der Waals surface area contributed by atoms with Crippen molar-refractivity contribution in [2.45, 2.75) is 32.7 Å². The zero-order chi connectivity index (χ0) is 17.0. The monoisotopic (exact) mass is 341 g/mol. The van der Waals surface area contributed by atoms with Gasteiger partial charge in [-0.2, -0.15) is 0 Å². The molecule has 0 spiro atoms. The Labute approximate surface area is 136 Å². The molecule has 1 saturated heterocycles. The molecule has 0 aromatic carbocycles. The second kappa shape index (κ2) is 7.27. The van der Waals surface area contributed by atoms with E-state index in [4.69, 9.17) is 5.11 Å². The second-order valence-corrected chi connectivity index (χ2v) is 8.06. The topological polar surface area (TPSA) is 99.6 Å². The van der Waals surface area contributed by atoms with Crippen molar-refractivity contribution in [1.82, 2.24) is 9.71 Å². The van der Waals surface area contributed by atoms with E-state index in [0.29, 0.717) is 31.7 Å². The molecule has 0 amide bonds. The number of anilines is 1. The third-order valence-electron chi connectivity index (χ3n) is 3.71. The van der Waals surface area contributed by atoms with Crippen molar-refractivity contribution in [2.24, 2.45) is 5.92 Å². The van der Waals surface area contributed by atoms with Crippen molar-refractivity contribution < 1.29 is 18.3 Å². The number of nitrogens with zero attached hydrogens (tertiary/aromatic N) is 2. The maximum absolute atomic E-state index is 12.0. The molecule has 8 heteroatoms. The van der Waals surface area contributed by atoms with Crippen LogP contribution in [0.5, 0.6) is 0 Å². The van der Waals surface area contributed by atoms with E-state index in [2.05, 4.69) is 9.71 Å². The molecule has 1 aliphatic heterocycles. The molecule has 0 unspecified atom stereocenters. The summed E-state index contributed by atoms with van der Waals surface area (Å²) < 4.78 is 26.7. The Kier molecular flexibility index (Phi) is 5.59. The summed E-state index contributed by atoms with van der Waals surface area (Å²) in [6.45, 7) is 5.04. The molecule has 1 aliphatic rings. The van der Waals surface area contributed by atoms with Crippen molar-refractivity contribution in [2.75, 3.05) is 23.7 Å². The summed E-state index contributed by atoms with van der Waals surface area (Å²) >= 11 is 0. The summed E-state index contributed by atoms with van der Waals surface area (Å²) in [4.78, 5) is 17.2. The van der Waals surface area contributed by atoms with E-state index in [1.165, 1.54) is 12.3 Å². The van der Waals surface area contributed by atoms with E-state index in [-0.39, 0.29) is 23.3 Å². The van der Waals surface area contributed by atoms with Crippen LogP contribution in [-0.2, 0) is 10.0 Å². The summed E-state index contributed by atoms with van der Waals surface area (Å²) in [5, 5.41) is 9.03. The lowest BCUT2D eigenvalue weighted by molar-refractivity contribution is 0.0696. The minimum Gasteiger partial charge on any atom is -0.478 e. The van der Waals surface area contributed by atoms with Gasteiger partial charge in [-0.15, -0.1) is 0 Å². The number of nitrogens with one attached hydrogen (secondary N) is 1. The van der Waals surface area contributed by atoms with Crippen LogP contribution in [0, 0.1) is 5.92 Å². The first-order valence-electron chi connectivity index (χ1n) is 7.71. The molecule has 0 bridgehead atoms. The van der Waals surface area contributed by atoms with Gasteiger partial charge < -0.3 is 10.0 Å². The van der Waals surface area contributed by atoms with Crippen molar-refractivity contribution >= 4 is 21.8 Å². The lowest BCUT2D eigenvalue weighted by Gasteiger charge is -2.33. The first-order chi connectivity index (χ1) is 10.8. The number of hydrogen-bond acceptors (Lipinski definition) is 5. The Morgan fingerprint density at radius 1 is 1.43 bits per heavy atom. The van der Waals surface area contributed by atoms with Gasteiger partial charge in [0.15, 0.2) is 0 Å². The molecule has 7 nitrogen and oxygen atoms in total. The molecule has 2 heterocycles. The van der Waals surface area contributed by atoms with Crippen LogP contribution in [0.2, 0.25) is 0 Å². The van der Waals surface area contributed by atoms with Gasteiger partial charge in [-0.3, -0.25) is 0 Å². The molecule has 1 aromatic heterocycles. The molecular formula is C15H23N3O4S. The molecular weight excluding hydrogens is 318 g/mol. The highest BCUT2D eigenvalue weighted by atomic mass is 32.2. The average Bonchev–Trinajstić information content (AvgIpc) is 2.46. The molecule has 0 aliphatic carbocycles. The average molecular weight is 341 g/mol. The molecule has 1 aromatic rings. The highest BCUT2D eigenvalue weighted by Gasteiger charge is 2.24. The number of aromatic nitrogens is 1. The van der Waals surface area contributed by atoms with Crippen LogP contribution in [0.15, 0.2) is 18.3 Å². The molecule has 2 N–H and O–H groups in total. The number of carboxylic acids is 1. The van der Waals surface area contributed by atoms with Gasteiger partial charge in [-0.25, -0.2) is 22.9 Å². The first kappa shape index (κ1) is 17.7. The Hall–Kier alpha value is -1.67. The van der Waals surface area contributed by atoms with Crippen LogP contribution in [0.3, 0.4) is 0 Å². The third kappa shape index (κ3) is 5.18. The Balaban J connectivity index is 1.94. The molecule has 1 fully saturated rings. The van der Waals surface area contributed by atoms with Gasteiger partial charge in [-0.05, 0) is 30.9 Å². The van der Waals surface area contributed by atoms with E-state index >= 15 is 0 Å². The van der Waals surface area contributed by atoms with E-state index in [1.807, 2.05) is 18.7 Å². The fraction of sp³-hybridized carbons (Fsp3) is 0.600. The summed E-state index contributed by atoms with van der Waals surface area (Å²) in [5.74, 6) is -0.135. The van der Waals surface area contributed by atoms with Crippen LogP contribution in [0.1, 0.15) is 37.0 Å². The van der Waals surface area contributed by atoms with Gasteiger partial charge in [0.2, 0.25) is 10.0 Å². The predicted molar refractivity (Wildman–Crippen MR) is 88.2 cm³/mol. The molecule has 2 rings (SSSR count). The quantitative estimate of drug-likeness (QED) is 0.809. The number of piperidine rings is 1. The van der Waals surface area contributed by atoms with Gasteiger partial charge in [0.1, 0.15) is 5.82 Å². The second-order valence-electron chi connectivity index (χ2n) is 6.26. The predicted octanol–water partition coefficient (Wildman–Crippen LogP) is 1.32. The summed E-state index contributed by atoms with van der Waals surface area (Å²) in [5.41, 5.74) is 0.203. The summed E-state index contributed by atoms with van der Waals surface area (Å²) in [6, 6.07) is 2.93. The van der Waals surface area contributed by atoms with Gasteiger partial charge in [-0.1, -0.05) is 13.8 Å². The van der Waals surface area contributed by atoms with E-state index in [1.54, 1.807) is 6.07 Å². The third-order valence-corrected chi connectivity index (χ3v) is 5.51. The standard InChI is InChI=1S/C15H23N3O4S/c1-11(2)10-23(21,22)17-13-4-7-18(8-5-13)14-9-12(15(19)20)3-6-16-14/h3,6,9,11,13,17H,4-5,7-8,10H2,1-2H3,(H,19,20). The van der Waals surface area contributed by atoms with Crippen molar-refractivity contribution in [3.63, 3.8) is 0 Å². The number of rotatable bonds is 6. The first-order valence-corrected chi connectivity index (χ1v) is 9.36. The number of hydrogen-bond donors (Lipinski definition) is 2. The van der Waals surface area contributed by atoms with Gasteiger partial charge in [0.05, 0.1) is 11.3 Å². The Morgan fingerprint density at radius 3 is 2.65 bits per heavy atom. The van der Waals surface area contributed by atoms with Crippen LogP contribution in [0.25, 0.3) is 0 Å². The van der Waals surface area contributed by atoms with E-state index in [9.17, 15) is 13.2 Å². The minimum atomic E-state index is -3.24. The SMILES string of the molecule is CC(C)CS(=O)(=O)NC1CCN(c2cc(C(=O)O)ccn2)CC1. The van der Waals surface area contributed by atoms with Crippen molar-refractivity contribution in [3.05, 3.63) is 23.9 Å². The lowest BCUT2D eigenvalue weighted by atomic mass is 10.1. The highest BCUT2D eigenvalue weighted by Crippen LogP contribution is 2.19. The number of carboxylic acid groups (broad SMARTS) is 1. The maximum Gasteiger partial charge on any atom is 0.335 e. The summed E-state index contributed by atoms with van der Waals surface area (Å²) in [7, 11) is -3.24. The molecule has 128 valence electrons. The van der Waals surface area contributed by atoms with Crippen molar-refractivity contribution in [1.29, 1.82) is 0 Å². The van der Waals surface area contributed by atoms with Crippen LogP contribution >= 0.6 is 0 Å². The minimum absolute atomic E-state index is 0.0716. The lowest BCUT2D eigenvalue weighted by Crippen LogP contribution is -2.45. The molecule has 0 atom stereocenters. The van der Waals surface area contributed by atoms with E-state index < -0.39 is 16.0 Å². The van der Waals surface area contributed by atoms with Crippen LogP contribution < -0.4 is 9.62 Å². The number of sulfonamides is 1. The fourth-order valence-corrected chi connectivity index (χ4v) is 4.41. The molecule has 23 heavy (non-hydrogen) atoms. The van der Waals surface area contributed by atoms with Gasteiger partial charge >= 0.3 is 5.97 Å². The van der Waals surface area contributed by atoms with Gasteiger partial charge in [0.25, 0.3) is 0 Å². The Bertz CT molecular complexity index is 652. The fourth-order valence-electron chi connectivity index (χ4n) is 2.69. The molecule has 0 radical (unpaired) electrons. The highest BCUT2D eigenvalue weighted by molar-refractivity contribution is 7.89. The zero-order valence-electron chi connectivity index (χ0n) is 13.4. The van der Waals surface area contributed by atoms with Gasteiger partial charge in [0, 0.05) is 25.3 Å². The zero-order valence-corrected chi connectivity index (χ0v) is 14.2. The number of pyridine rings is 1. The maximum atomic E-state index is 12.0. The number of aromatic carboxylic acids is 1. The largest absolute Gasteiger partial charge is 0.478 e. The normalized spacial score (nSPS) is 16.7. The smallest absolute Gasteiger partial charge is 0.335 e. The van der Waals surface area contributed by atoms with Crippen LogP contribution in [-0.4, -0.2) is 49.4 Å². The molecule has 0 saturated carbocycles. The number of carbonyl (C=O) groups is 1. The van der Waals surface area contributed by atoms with E-state index in [0.717, 1.165) is 0 Å². The van der Waals surface area contributed by atoms with Crippen molar-refractivity contribution in [3.8, 4) is 0 Å².